The lowest BCUT2D eigenvalue weighted by Crippen LogP contribution is -2.38. The molecule has 2 nitrogen and oxygen atoms in total. The standard InChI is InChI=1S/C13H28N2/c1-6-10(2)7-11(3)14-13-8-12(4)15(5)9-13/h10-14H,6-9H2,1-5H3. The van der Waals surface area contributed by atoms with E-state index in [9.17, 15) is 0 Å². The molecular formula is C13H28N2. The lowest BCUT2D eigenvalue weighted by Gasteiger charge is -2.21. The second-order valence-electron chi connectivity index (χ2n) is 5.54. The van der Waals surface area contributed by atoms with Gasteiger partial charge in [-0.05, 0) is 39.7 Å². The van der Waals surface area contributed by atoms with Crippen molar-refractivity contribution in [1.29, 1.82) is 0 Å². The fourth-order valence-electron chi connectivity index (χ4n) is 2.56. The van der Waals surface area contributed by atoms with Crippen molar-refractivity contribution in [3.63, 3.8) is 0 Å². The fourth-order valence-corrected chi connectivity index (χ4v) is 2.56. The first kappa shape index (κ1) is 13.0. The van der Waals surface area contributed by atoms with Gasteiger partial charge >= 0.3 is 0 Å². The Morgan fingerprint density at radius 3 is 2.53 bits per heavy atom. The Kier molecular flexibility index (Phi) is 5.07. The van der Waals surface area contributed by atoms with Crippen LogP contribution >= 0.6 is 0 Å². The molecule has 0 spiro atoms. The molecule has 1 aliphatic rings. The number of likely N-dealkylation sites (N-methyl/N-ethyl adjacent to an activating group) is 1. The van der Waals surface area contributed by atoms with Crippen molar-refractivity contribution in [2.75, 3.05) is 13.6 Å². The molecule has 1 heterocycles. The van der Waals surface area contributed by atoms with Crippen LogP contribution in [-0.4, -0.2) is 36.6 Å². The topological polar surface area (TPSA) is 15.3 Å². The van der Waals surface area contributed by atoms with E-state index in [1.165, 1.54) is 25.8 Å². The summed E-state index contributed by atoms with van der Waals surface area (Å²) in [6.45, 7) is 10.5. The lowest BCUT2D eigenvalue weighted by molar-refractivity contribution is 0.321. The molecule has 1 fully saturated rings. The summed E-state index contributed by atoms with van der Waals surface area (Å²) in [5.41, 5.74) is 0. The van der Waals surface area contributed by atoms with Crippen molar-refractivity contribution < 1.29 is 0 Å². The number of nitrogens with one attached hydrogen (secondary N) is 1. The molecule has 0 saturated carbocycles. The molecule has 1 N–H and O–H groups in total. The summed E-state index contributed by atoms with van der Waals surface area (Å²) in [6.07, 6.45) is 3.92. The second kappa shape index (κ2) is 5.86. The average Bonchev–Trinajstić information content (AvgIpc) is 2.45. The number of nitrogens with zero attached hydrogens (tertiary/aromatic N) is 1. The van der Waals surface area contributed by atoms with Crippen LogP contribution in [0.2, 0.25) is 0 Å². The quantitative estimate of drug-likeness (QED) is 0.753. The molecule has 4 unspecified atom stereocenters. The molecule has 0 amide bonds. The van der Waals surface area contributed by atoms with Crippen LogP contribution in [-0.2, 0) is 0 Å². The zero-order chi connectivity index (χ0) is 11.4. The normalized spacial score (nSPS) is 31.8. The van der Waals surface area contributed by atoms with E-state index in [0.717, 1.165) is 12.0 Å². The maximum atomic E-state index is 3.76. The third-order valence-corrected chi connectivity index (χ3v) is 3.86. The first-order valence-electron chi connectivity index (χ1n) is 6.49. The van der Waals surface area contributed by atoms with Gasteiger partial charge in [-0.3, -0.25) is 0 Å². The molecule has 4 atom stereocenters. The van der Waals surface area contributed by atoms with Crippen LogP contribution < -0.4 is 5.32 Å². The van der Waals surface area contributed by atoms with Gasteiger partial charge in [0.1, 0.15) is 0 Å². The SMILES string of the molecule is CCC(C)CC(C)NC1CC(C)N(C)C1. The summed E-state index contributed by atoms with van der Waals surface area (Å²) < 4.78 is 0. The highest BCUT2D eigenvalue weighted by molar-refractivity contribution is 4.86. The van der Waals surface area contributed by atoms with Gasteiger partial charge in [0.25, 0.3) is 0 Å². The molecule has 2 heteroatoms. The lowest BCUT2D eigenvalue weighted by atomic mass is 9.99. The third kappa shape index (κ3) is 4.12. The largest absolute Gasteiger partial charge is 0.310 e. The third-order valence-electron chi connectivity index (χ3n) is 3.86. The summed E-state index contributed by atoms with van der Waals surface area (Å²) in [4.78, 5) is 2.45. The maximum absolute atomic E-state index is 3.76. The molecule has 1 saturated heterocycles. The van der Waals surface area contributed by atoms with E-state index in [1.807, 2.05) is 0 Å². The monoisotopic (exact) mass is 212 g/mol. The van der Waals surface area contributed by atoms with Crippen LogP contribution in [0.1, 0.15) is 47.0 Å². The summed E-state index contributed by atoms with van der Waals surface area (Å²) in [6, 6.07) is 2.13. The predicted molar refractivity (Wildman–Crippen MR) is 67.2 cm³/mol. The number of hydrogen-bond donors (Lipinski definition) is 1. The highest BCUT2D eigenvalue weighted by Crippen LogP contribution is 2.17. The minimum atomic E-state index is 0.670. The van der Waals surface area contributed by atoms with Gasteiger partial charge in [0.2, 0.25) is 0 Å². The van der Waals surface area contributed by atoms with E-state index in [0.29, 0.717) is 12.1 Å². The molecule has 15 heavy (non-hydrogen) atoms. The van der Waals surface area contributed by atoms with Gasteiger partial charge in [-0.15, -0.1) is 0 Å². The second-order valence-corrected chi connectivity index (χ2v) is 5.54. The Bertz CT molecular complexity index is 171. The van der Waals surface area contributed by atoms with Crippen molar-refractivity contribution in [3.05, 3.63) is 0 Å². The minimum absolute atomic E-state index is 0.670. The summed E-state index contributed by atoms with van der Waals surface area (Å²) >= 11 is 0. The summed E-state index contributed by atoms with van der Waals surface area (Å²) in [5, 5.41) is 3.76. The van der Waals surface area contributed by atoms with Crippen LogP contribution in [0.25, 0.3) is 0 Å². The Balaban J connectivity index is 2.24. The minimum Gasteiger partial charge on any atom is -0.310 e. The number of rotatable bonds is 5. The first-order valence-corrected chi connectivity index (χ1v) is 6.49. The Morgan fingerprint density at radius 1 is 1.40 bits per heavy atom. The van der Waals surface area contributed by atoms with E-state index < -0.39 is 0 Å². The van der Waals surface area contributed by atoms with Crippen molar-refractivity contribution in [1.82, 2.24) is 10.2 Å². The van der Waals surface area contributed by atoms with E-state index in [4.69, 9.17) is 0 Å². The van der Waals surface area contributed by atoms with Gasteiger partial charge in [0, 0.05) is 24.7 Å². The number of hydrogen-bond acceptors (Lipinski definition) is 2. The first-order chi connectivity index (χ1) is 7.02. The van der Waals surface area contributed by atoms with Gasteiger partial charge in [-0.2, -0.15) is 0 Å². The van der Waals surface area contributed by atoms with Crippen molar-refractivity contribution in [2.24, 2.45) is 5.92 Å². The Labute approximate surface area is 95.4 Å². The molecule has 1 aliphatic heterocycles. The van der Waals surface area contributed by atoms with Crippen molar-refractivity contribution in [2.45, 2.75) is 65.1 Å². The molecule has 0 radical (unpaired) electrons. The number of likely N-dealkylation sites (tertiary alicyclic amines) is 1. The van der Waals surface area contributed by atoms with Crippen LogP contribution in [0, 0.1) is 5.92 Å². The fraction of sp³-hybridized carbons (Fsp3) is 1.00. The molecule has 0 aromatic carbocycles. The van der Waals surface area contributed by atoms with Gasteiger partial charge in [-0.1, -0.05) is 20.3 Å². The van der Waals surface area contributed by atoms with E-state index in [1.54, 1.807) is 0 Å². The van der Waals surface area contributed by atoms with E-state index in [2.05, 4.69) is 45.0 Å². The van der Waals surface area contributed by atoms with Crippen molar-refractivity contribution >= 4 is 0 Å². The molecule has 90 valence electrons. The highest BCUT2D eigenvalue weighted by atomic mass is 15.2. The molecule has 0 aromatic heterocycles. The average molecular weight is 212 g/mol. The van der Waals surface area contributed by atoms with E-state index >= 15 is 0 Å². The van der Waals surface area contributed by atoms with Gasteiger partial charge < -0.3 is 10.2 Å². The Morgan fingerprint density at radius 2 is 2.07 bits per heavy atom. The van der Waals surface area contributed by atoms with Crippen LogP contribution in [0.15, 0.2) is 0 Å². The van der Waals surface area contributed by atoms with Gasteiger partial charge in [0.15, 0.2) is 0 Å². The van der Waals surface area contributed by atoms with Gasteiger partial charge in [0.05, 0.1) is 0 Å². The van der Waals surface area contributed by atoms with Gasteiger partial charge in [-0.25, -0.2) is 0 Å². The molecule has 0 aromatic rings. The van der Waals surface area contributed by atoms with Crippen LogP contribution in [0.3, 0.4) is 0 Å². The maximum Gasteiger partial charge on any atom is 0.0212 e. The smallest absolute Gasteiger partial charge is 0.0212 e. The van der Waals surface area contributed by atoms with Crippen molar-refractivity contribution in [3.8, 4) is 0 Å². The van der Waals surface area contributed by atoms with Crippen LogP contribution in [0.4, 0.5) is 0 Å². The summed E-state index contributed by atoms with van der Waals surface area (Å²) in [7, 11) is 2.23. The molecular weight excluding hydrogens is 184 g/mol. The molecule has 0 bridgehead atoms. The zero-order valence-electron chi connectivity index (χ0n) is 11.1. The highest BCUT2D eigenvalue weighted by Gasteiger charge is 2.26. The predicted octanol–water partition coefficient (Wildman–Crippen LogP) is 2.49. The zero-order valence-corrected chi connectivity index (χ0v) is 11.1. The van der Waals surface area contributed by atoms with E-state index in [-0.39, 0.29) is 0 Å². The Hall–Kier alpha value is -0.0800. The molecule has 1 rings (SSSR count). The van der Waals surface area contributed by atoms with Crippen LogP contribution in [0.5, 0.6) is 0 Å². The molecule has 0 aliphatic carbocycles. The summed E-state index contributed by atoms with van der Waals surface area (Å²) in [5.74, 6) is 0.851.